The van der Waals surface area contributed by atoms with Crippen molar-refractivity contribution in [2.24, 2.45) is 11.8 Å². The van der Waals surface area contributed by atoms with Crippen LogP contribution in [0, 0.1) is 5.92 Å². The van der Waals surface area contributed by atoms with E-state index in [4.69, 9.17) is 26.6 Å². The third-order valence-corrected chi connectivity index (χ3v) is 3.95. The molecular weight excluding hydrogens is 264 g/mol. The van der Waals surface area contributed by atoms with E-state index in [1.165, 1.54) is 0 Å². The lowest BCUT2D eigenvalue weighted by atomic mass is 9.98. The number of benzene rings is 1. The number of fused-ring (bicyclic) bond motifs is 1. The minimum absolute atomic E-state index is 0.00448. The largest absolute Gasteiger partial charge is 0.458 e. The number of hydrazine groups is 1. The van der Waals surface area contributed by atoms with Crippen molar-refractivity contribution in [2.75, 3.05) is 13.2 Å². The number of nitrogens with one attached hydrogen (secondary N) is 1. The Morgan fingerprint density at radius 2 is 2.37 bits per heavy atom. The second-order valence-electron chi connectivity index (χ2n) is 4.99. The number of furan rings is 1. The molecule has 1 aliphatic heterocycles. The molecule has 0 bridgehead atoms. The maximum Gasteiger partial charge on any atom is 0.152 e. The highest BCUT2D eigenvalue weighted by atomic mass is 35.5. The molecule has 19 heavy (non-hydrogen) atoms. The van der Waals surface area contributed by atoms with Crippen LogP contribution in [0.15, 0.2) is 28.7 Å². The Balaban J connectivity index is 1.86. The molecule has 3 rings (SSSR count). The summed E-state index contributed by atoms with van der Waals surface area (Å²) in [6.07, 6.45) is 1.99. The number of hydrogen-bond donors (Lipinski definition) is 2. The smallest absolute Gasteiger partial charge is 0.152 e. The summed E-state index contributed by atoms with van der Waals surface area (Å²) in [5.41, 5.74) is 3.56. The van der Waals surface area contributed by atoms with Crippen LogP contribution in [-0.4, -0.2) is 13.2 Å². The zero-order valence-electron chi connectivity index (χ0n) is 10.6. The number of rotatable bonds is 4. The monoisotopic (exact) mass is 280 g/mol. The lowest BCUT2D eigenvalue weighted by Gasteiger charge is -2.16. The standard InChI is InChI=1S/C14H17ClN2O2/c15-11-3-1-2-10-7-13(19-14(10)11)12(17-16)6-9-4-5-18-8-9/h1-3,7,9,12,17H,4-6,8,16H2. The Kier molecular flexibility index (Phi) is 3.75. The van der Waals surface area contributed by atoms with Crippen LogP contribution in [0.4, 0.5) is 0 Å². The van der Waals surface area contributed by atoms with Crippen LogP contribution >= 0.6 is 11.6 Å². The Morgan fingerprint density at radius 1 is 1.47 bits per heavy atom. The molecule has 102 valence electrons. The average Bonchev–Trinajstić information content (AvgIpc) is 3.05. The van der Waals surface area contributed by atoms with E-state index < -0.39 is 0 Å². The van der Waals surface area contributed by atoms with E-state index in [-0.39, 0.29) is 6.04 Å². The van der Waals surface area contributed by atoms with Gasteiger partial charge in [-0.15, -0.1) is 0 Å². The number of nitrogens with two attached hydrogens (primary N) is 1. The predicted molar refractivity (Wildman–Crippen MR) is 74.8 cm³/mol. The van der Waals surface area contributed by atoms with Gasteiger partial charge in [-0.2, -0.15) is 0 Å². The summed E-state index contributed by atoms with van der Waals surface area (Å²) in [5.74, 6) is 7.02. The van der Waals surface area contributed by atoms with Crippen molar-refractivity contribution in [2.45, 2.75) is 18.9 Å². The van der Waals surface area contributed by atoms with Crippen LogP contribution in [-0.2, 0) is 4.74 Å². The Hall–Kier alpha value is -1.07. The van der Waals surface area contributed by atoms with Crippen molar-refractivity contribution in [3.8, 4) is 0 Å². The summed E-state index contributed by atoms with van der Waals surface area (Å²) in [6.45, 7) is 1.65. The maximum atomic E-state index is 6.12. The average molecular weight is 281 g/mol. The highest BCUT2D eigenvalue weighted by Crippen LogP contribution is 2.32. The van der Waals surface area contributed by atoms with E-state index in [0.717, 1.165) is 42.8 Å². The molecule has 1 aromatic carbocycles. The Bertz CT molecular complexity index is 564. The van der Waals surface area contributed by atoms with Gasteiger partial charge in [0.25, 0.3) is 0 Å². The summed E-state index contributed by atoms with van der Waals surface area (Å²) >= 11 is 6.12. The van der Waals surface area contributed by atoms with Crippen LogP contribution < -0.4 is 11.3 Å². The van der Waals surface area contributed by atoms with Gasteiger partial charge in [-0.1, -0.05) is 23.7 Å². The van der Waals surface area contributed by atoms with Crippen molar-refractivity contribution in [3.05, 3.63) is 35.0 Å². The molecule has 2 unspecified atom stereocenters. The fourth-order valence-electron chi connectivity index (χ4n) is 2.59. The van der Waals surface area contributed by atoms with E-state index in [0.29, 0.717) is 10.9 Å². The first-order chi connectivity index (χ1) is 9.28. The van der Waals surface area contributed by atoms with Crippen molar-refractivity contribution in [3.63, 3.8) is 0 Å². The van der Waals surface area contributed by atoms with Gasteiger partial charge < -0.3 is 9.15 Å². The molecular formula is C14H17ClN2O2. The van der Waals surface area contributed by atoms with Crippen LogP contribution in [0.3, 0.4) is 0 Å². The van der Waals surface area contributed by atoms with Crippen LogP contribution in [0.1, 0.15) is 24.6 Å². The van der Waals surface area contributed by atoms with Crippen molar-refractivity contribution in [1.82, 2.24) is 5.43 Å². The highest BCUT2D eigenvalue weighted by Gasteiger charge is 2.23. The van der Waals surface area contributed by atoms with Gasteiger partial charge in [-0.05, 0) is 30.9 Å². The fourth-order valence-corrected chi connectivity index (χ4v) is 2.81. The van der Waals surface area contributed by atoms with Crippen LogP contribution in [0.2, 0.25) is 5.02 Å². The SMILES string of the molecule is NNC(CC1CCOC1)c1cc2cccc(Cl)c2o1. The summed E-state index contributed by atoms with van der Waals surface area (Å²) in [7, 11) is 0. The predicted octanol–water partition coefficient (Wildman–Crippen LogP) is 3.02. The molecule has 0 aliphatic carbocycles. The third kappa shape index (κ3) is 2.62. The second-order valence-corrected chi connectivity index (χ2v) is 5.40. The van der Waals surface area contributed by atoms with Crippen LogP contribution in [0.25, 0.3) is 11.0 Å². The van der Waals surface area contributed by atoms with Gasteiger partial charge in [0.2, 0.25) is 0 Å². The summed E-state index contributed by atoms with van der Waals surface area (Å²) in [5, 5.41) is 1.63. The van der Waals surface area contributed by atoms with Crippen molar-refractivity contribution in [1.29, 1.82) is 0 Å². The summed E-state index contributed by atoms with van der Waals surface area (Å²) < 4.78 is 11.2. The number of ether oxygens (including phenoxy) is 1. The van der Waals surface area contributed by atoms with E-state index >= 15 is 0 Å². The quantitative estimate of drug-likeness (QED) is 0.668. The molecule has 2 atom stereocenters. The first kappa shape index (κ1) is 12.9. The molecule has 0 amide bonds. The van der Waals surface area contributed by atoms with E-state index in [1.54, 1.807) is 0 Å². The number of hydrogen-bond acceptors (Lipinski definition) is 4. The first-order valence-electron chi connectivity index (χ1n) is 6.49. The first-order valence-corrected chi connectivity index (χ1v) is 6.87. The minimum Gasteiger partial charge on any atom is -0.458 e. The van der Waals surface area contributed by atoms with E-state index in [9.17, 15) is 0 Å². The molecule has 3 N–H and O–H groups in total. The molecule has 2 heterocycles. The molecule has 4 nitrogen and oxygen atoms in total. The number of halogens is 1. The topological polar surface area (TPSA) is 60.4 Å². The van der Waals surface area contributed by atoms with Gasteiger partial charge in [-0.25, -0.2) is 5.43 Å². The molecule has 0 saturated carbocycles. The molecule has 2 aromatic rings. The Morgan fingerprint density at radius 3 is 3.05 bits per heavy atom. The second kappa shape index (κ2) is 5.51. The van der Waals surface area contributed by atoms with Gasteiger partial charge in [0.05, 0.1) is 11.1 Å². The number of para-hydroxylation sites is 1. The molecule has 0 radical (unpaired) electrons. The zero-order valence-corrected chi connectivity index (χ0v) is 11.3. The normalized spacial score (nSPS) is 21.1. The molecule has 1 saturated heterocycles. The molecule has 0 spiro atoms. The Labute approximate surface area is 116 Å². The summed E-state index contributed by atoms with van der Waals surface area (Å²) in [4.78, 5) is 0. The summed E-state index contributed by atoms with van der Waals surface area (Å²) in [6, 6.07) is 7.73. The van der Waals surface area contributed by atoms with E-state index in [1.807, 2.05) is 24.3 Å². The van der Waals surface area contributed by atoms with Crippen molar-refractivity contribution >= 4 is 22.6 Å². The molecule has 5 heteroatoms. The van der Waals surface area contributed by atoms with Gasteiger partial charge in [0.15, 0.2) is 5.58 Å². The highest BCUT2D eigenvalue weighted by molar-refractivity contribution is 6.34. The molecule has 1 fully saturated rings. The van der Waals surface area contributed by atoms with Crippen LogP contribution in [0.5, 0.6) is 0 Å². The van der Waals surface area contributed by atoms with Gasteiger partial charge in [0, 0.05) is 18.6 Å². The van der Waals surface area contributed by atoms with Gasteiger partial charge in [-0.3, -0.25) is 5.84 Å². The lowest BCUT2D eigenvalue weighted by Crippen LogP contribution is -2.29. The molecule has 1 aromatic heterocycles. The van der Waals surface area contributed by atoms with Gasteiger partial charge in [0.1, 0.15) is 5.76 Å². The van der Waals surface area contributed by atoms with Crippen molar-refractivity contribution < 1.29 is 9.15 Å². The zero-order chi connectivity index (χ0) is 13.2. The third-order valence-electron chi connectivity index (χ3n) is 3.65. The van der Waals surface area contributed by atoms with E-state index in [2.05, 4.69) is 5.43 Å². The minimum atomic E-state index is -0.00448. The molecule has 1 aliphatic rings. The van der Waals surface area contributed by atoms with Gasteiger partial charge >= 0.3 is 0 Å². The fraction of sp³-hybridized carbons (Fsp3) is 0.429. The maximum absolute atomic E-state index is 6.12. The lowest BCUT2D eigenvalue weighted by molar-refractivity contribution is 0.180.